The first-order valence-electron chi connectivity index (χ1n) is 5.85. The van der Waals surface area contributed by atoms with Crippen LogP contribution in [0.25, 0.3) is 0 Å². The summed E-state index contributed by atoms with van der Waals surface area (Å²) in [6.07, 6.45) is -13.4. The van der Waals surface area contributed by atoms with E-state index in [2.05, 4.69) is 0 Å². The highest BCUT2D eigenvalue weighted by Crippen LogP contribution is 2.53. The monoisotopic (exact) mass is 318 g/mol. The van der Waals surface area contributed by atoms with E-state index in [4.69, 9.17) is 0 Å². The van der Waals surface area contributed by atoms with Crippen LogP contribution < -0.4 is 0 Å². The number of aliphatic hydroxyl groups is 1. The van der Waals surface area contributed by atoms with Crippen molar-refractivity contribution in [3.63, 3.8) is 0 Å². The Bertz CT molecular complexity index is 491. The van der Waals surface area contributed by atoms with Gasteiger partial charge in [0.05, 0.1) is 6.10 Å². The van der Waals surface area contributed by atoms with E-state index in [0.717, 1.165) is 0 Å². The summed E-state index contributed by atoms with van der Waals surface area (Å²) in [5, 5.41) is 9.46. The molecular formula is C13H13F7O. The molecule has 0 heterocycles. The van der Waals surface area contributed by atoms with Gasteiger partial charge in [-0.2, -0.15) is 26.3 Å². The Hall–Kier alpha value is -1.31. The molecule has 0 aliphatic heterocycles. The third-order valence-corrected chi connectivity index (χ3v) is 3.19. The van der Waals surface area contributed by atoms with Crippen molar-refractivity contribution >= 4 is 0 Å². The summed E-state index contributed by atoms with van der Waals surface area (Å²) in [5.74, 6) is 0. The highest BCUT2D eigenvalue weighted by molar-refractivity contribution is 5.42. The zero-order valence-corrected chi connectivity index (χ0v) is 11.3. The molecule has 0 aromatic heterocycles. The van der Waals surface area contributed by atoms with Gasteiger partial charge in [0.2, 0.25) is 0 Å². The van der Waals surface area contributed by atoms with Gasteiger partial charge in [-0.05, 0) is 37.5 Å². The molecule has 0 spiro atoms. The largest absolute Gasteiger partial charge is 0.435 e. The molecule has 0 radical (unpaired) electrons. The molecule has 1 rings (SSSR count). The number of rotatable bonds is 2. The van der Waals surface area contributed by atoms with Gasteiger partial charge in [0.15, 0.2) is 0 Å². The number of hydrogen-bond acceptors (Lipinski definition) is 1. The van der Waals surface area contributed by atoms with E-state index in [9.17, 15) is 35.8 Å². The maximum absolute atomic E-state index is 13.9. The van der Waals surface area contributed by atoms with E-state index < -0.39 is 29.7 Å². The number of alkyl halides is 7. The van der Waals surface area contributed by atoms with Gasteiger partial charge >= 0.3 is 18.0 Å². The molecule has 8 heteroatoms. The molecule has 120 valence electrons. The van der Waals surface area contributed by atoms with Gasteiger partial charge in [-0.15, -0.1) is 0 Å². The summed E-state index contributed by atoms with van der Waals surface area (Å²) in [6.45, 7) is 3.74. The fraction of sp³-hybridized carbons (Fsp3) is 0.538. The molecule has 0 aliphatic carbocycles. The van der Waals surface area contributed by atoms with Crippen LogP contribution in [0.1, 0.15) is 35.3 Å². The fourth-order valence-corrected chi connectivity index (χ4v) is 2.32. The number of aliphatic hydroxyl groups excluding tert-OH is 1. The minimum Gasteiger partial charge on any atom is -0.389 e. The smallest absolute Gasteiger partial charge is 0.389 e. The Labute approximate surface area is 116 Å². The number of halogens is 7. The topological polar surface area (TPSA) is 20.2 Å². The lowest BCUT2D eigenvalue weighted by atomic mass is 9.87. The van der Waals surface area contributed by atoms with E-state index in [1.807, 2.05) is 0 Å². The average Bonchev–Trinajstić information content (AvgIpc) is 2.22. The third kappa shape index (κ3) is 2.86. The van der Waals surface area contributed by atoms with Crippen molar-refractivity contribution in [1.29, 1.82) is 0 Å². The highest BCUT2D eigenvalue weighted by atomic mass is 19.4. The van der Waals surface area contributed by atoms with Crippen molar-refractivity contribution in [1.82, 2.24) is 0 Å². The van der Waals surface area contributed by atoms with Crippen molar-refractivity contribution in [3.05, 3.63) is 34.4 Å². The lowest BCUT2D eigenvalue weighted by Crippen LogP contribution is -2.50. The van der Waals surface area contributed by atoms with Crippen LogP contribution in [0.3, 0.4) is 0 Å². The summed E-state index contributed by atoms with van der Waals surface area (Å²) < 4.78 is 89.9. The van der Waals surface area contributed by atoms with Gasteiger partial charge in [0, 0.05) is 5.56 Å². The first-order valence-corrected chi connectivity index (χ1v) is 5.85. The summed E-state index contributed by atoms with van der Waals surface area (Å²) in [4.78, 5) is 0. The minimum atomic E-state index is -6.14. The van der Waals surface area contributed by atoms with Gasteiger partial charge in [-0.3, -0.25) is 0 Å². The summed E-state index contributed by atoms with van der Waals surface area (Å²) in [6, 6.07) is 0.937. The van der Waals surface area contributed by atoms with Gasteiger partial charge in [0.1, 0.15) is 0 Å². The van der Waals surface area contributed by atoms with E-state index >= 15 is 0 Å². The standard InChI is InChI=1S/C13H13F7O/c1-6-4-9(5-7(2)10(6)8(3)21)11(14,12(15,16)17)13(18,19)20/h4-5,8,21H,1-3H3. The molecule has 0 saturated heterocycles. The summed E-state index contributed by atoms with van der Waals surface area (Å²) in [7, 11) is 0. The normalized spacial score (nSPS) is 15.2. The first kappa shape index (κ1) is 17.7. The first-order chi connectivity index (χ1) is 9.23. The molecule has 1 nitrogen and oxygen atoms in total. The highest BCUT2D eigenvalue weighted by Gasteiger charge is 2.73. The SMILES string of the molecule is Cc1cc(C(F)(C(F)(F)F)C(F)(F)F)cc(C)c1C(C)O. The number of hydrogen-bond donors (Lipinski definition) is 1. The lowest BCUT2D eigenvalue weighted by molar-refractivity contribution is -0.348. The van der Waals surface area contributed by atoms with Crippen LogP contribution in [-0.4, -0.2) is 17.5 Å². The van der Waals surface area contributed by atoms with E-state index in [1.54, 1.807) is 0 Å². The molecule has 0 amide bonds. The van der Waals surface area contributed by atoms with Crippen LogP contribution in [0, 0.1) is 13.8 Å². The second-order valence-electron chi connectivity index (χ2n) is 4.85. The molecule has 0 fully saturated rings. The Morgan fingerprint density at radius 1 is 0.857 bits per heavy atom. The number of benzene rings is 1. The summed E-state index contributed by atoms with van der Waals surface area (Å²) >= 11 is 0. The zero-order chi connectivity index (χ0) is 16.8. The Morgan fingerprint density at radius 2 is 1.19 bits per heavy atom. The molecule has 1 aromatic carbocycles. The molecule has 1 unspecified atom stereocenters. The Balaban J connectivity index is 3.64. The molecule has 21 heavy (non-hydrogen) atoms. The van der Waals surface area contributed by atoms with Crippen molar-refractivity contribution < 1.29 is 35.8 Å². The van der Waals surface area contributed by atoms with E-state index in [1.165, 1.54) is 20.8 Å². The maximum atomic E-state index is 13.9. The van der Waals surface area contributed by atoms with Crippen LogP contribution in [0.2, 0.25) is 0 Å². The van der Waals surface area contributed by atoms with Crippen molar-refractivity contribution in [2.75, 3.05) is 0 Å². The Morgan fingerprint density at radius 3 is 1.43 bits per heavy atom. The minimum absolute atomic E-state index is 0.0458. The van der Waals surface area contributed by atoms with Crippen molar-refractivity contribution in [3.8, 4) is 0 Å². The van der Waals surface area contributed by atoms with Crippen LogP contribution >= 0.6 is 0 Å². The molecule has 0 aliphatic rings. The second-order valence-corrected chi connectivity index (χ2v) is 4.85. The predicted molar refractivity (Wildman–Crippen MR) is 61.4 cm³/mol. The predicted octanol–water partition coefficient (Wildman–Crippen LogP) is 4.65. The van der Waals surface area contributed by atoms with Crippen LogP contribution in [0.15, 0.2) is 12.1 Å². The molecule has 1 aromatic rings. The molecule has 0 bridgehead atoms. The molecule has 1 N–H and O–H groups in total. The second kappa shape index (κ2) is 5.15. The van der Waals surface area contributed by atoms with Crippen LogP contribution in [-0.2, 0) is 5.67 Å². The average molecular weight is 318 g/mol. The van der Waals surface area contributed by atoms with Crippen molar-refractivity contribution in [2.45, 2.75) is 44.9 Å². The summed E-state index contributed by atoms with van der Waals surface area (Å²) in [5.41, 5.74) is -6.91. The van der Waals surface area contributed by atoms with Gasteiger partial charge in [-0.25, -0.2) is 4.39 Å². The van der Waals surface area contributed by atoms with Crippen molar-refractivity contribution in [2.24, 2.45) is 0 Å². The fourth-order valence-electron chi connectivity index (χ4n) is 2.32. The van der Waals surface area contributed by atoms with Crippen LogP contribution in [0.5, 0.6) is 0 Å². The number of aryl methyl sites for hydroxylation is 2. The third-order valence-electron chi connectivity index (χ3n) is 3.19. The maximum Gasteiger partial charge on any atom is 0.435 e. The van der Waals surface area contributed by atoms with Gasteiger partial charge in [-0.1, -0.05) is 12.1 Å². The van der Waals surface area contributed by atoms with Gasteiger partial charge in [0.25, 0.3) is 0 Å². The quantitative estimate of drug-likeness (QED) is 0.787. The Kier molecular flexibility index (Phi) is 4.35. The van der Waals surface area contributed by atoms with Gasteiger partial charge < -0.3 is 5.11 Å². The molecule has 0 saturated carbocycles. The molecular weight excluding hydrogens is 305 g/mol. The van der Waals surface area contributed by atoms with E-state index in [-0.39, 0.29) is 16.7 Å². The van der Waals surface area contributed by atoms with Crippen LogP contribution in [0.4, 0.5) is 30.7 Å². The zero-order valence-electron chi connectivity index (χ0n) is 11.3. The molecule has 1 atom stereocenters. The lowest BCUT2D eigenvalue weighted by Gasteiger charge is -2.31. The van der Waals surface area contributed by atoms with E-state index in [0.29, 0.717) is 12.1 Å².